The molecule has 0 bridgehead atoms. The molecule has 6 heteroatoms. The minimum absolute atomic E-state index is 0.155. The first-order chi connectivity index (χ1) is 12.0. The second-order valence-corrected chi connectivity index (χ2v) is 5.68. The van der Waals surface area contributed by atoms with Crippen LogP contribution >= 0.6 is 0 Å². The Labute approximate surface area is 147 Å². The van der Waals surface area contributed by atoms with Gasteiger partial charge >= 0.3 is 0 Å². The molecule has 25 heavy (non-hydrogen) atoms. The lowest BCUT2D eigenvalue weighted by Gasteiger charge is -2.11. The first kappa shape index (κ1) is 18.3. The van der Waals surface area contributed by atoms with Gasteiger partial charge in [0.2, 0.25) is 5.91 Å². The molecule has 0 saturated heterocycles. The molecule has 6 nitrogen and oxygen atoms in total. The molecule has 2 amide bonds. The summed E-state index contributed by atoms with van der Waals surface area (Å²) in [4.78, 5) is 23.6. The van der Waals surface area contributed by atoms with E-state index >= 15 is 0 Å². The van der Waals surface area contributed by atoms with Gasteiger partial charge in [0, 0.05) is 0 Å². The maximum atomic E-state index is 11.8. The summed E-state index contributed by atoms with van der Waals surface area (Å²) in [5, 5.41) is 0. The third kappa shape index (κ3) is 5.84. The van der Waals surface area contributed by atoms with Crippen LogP contribution in [0, 0.1) is 13.8 Å². The van der Waals surface area contributed by atoms with Crippen LogP contribution in [-0.2, 0) is 16.0 Å². The lowest BCUT2D eigenvalue weighted by atomic mass is 10.1. The summed E-state index contributed by atoms with van der Waals surface area (Å²) in [7, 11) is 1.58. The first-order valence-electron chi connectivity index (χ1n) is 7.88. The highest BCUT2D eigenvalue weighted by atomic mass is 16.5. The molecule has 0 aromatic heterocycles. The molecule has 0 aliphatic carbocycles. The van der Waals surface area contributed by atoms with Crippen molar-refractivity contribution in [2.24, 2.45) is 0 Å². The number of hydrazine groups is 1. The van der Waals surface area contributed by atoms with Gasteiger partial charge in [0.15, 0.2) is 6.61 Å². The largest absolute Gasteiger partial charge is 0.497 e. The molecule has 2 N–H and O–H groups in total. The monoisotopic (exact) mass is 342 g/mol. The Morgan fingerprint density at radius 3 is 2.28 bits per heavy atom. The standard InChI is InChI=1S/C19H22N2O4/c1-13-4-9-17(14(2)10-13)25-12-19(23)21-20-18(22)11-15-5-7-16(24-3)8-6-15/h4-10H,11-12H2,1-3H3,(H,20,22)(H,21,23). The molecule has 0 radical (unpaired) electrons. The van der Waals surface area contributed by atoms with Crippen LogP contribution in [0.2, 0.25) is 0 Å². The molecule has 0 unspecified atom stereocenters. The van der Waals surface area contributed by atoms with Crippen LogP contribution in [0.25, 0.3) is 0 Å². The van der Waals surface area contributed by atoms with Crippen LogP contribution in [0.1, 0.15) is 16.7 Å². The summed E-state index contributed by atoms with van der Waals surface area (Å²) in [6.45, 7) is 3.73. The van der Waals surface area contributed by atoms with E-state index in [1.54, 1.807) is 31.4 Å². The number of hydrogen-bond donors (Lipinski definition) is 2. The van der Waals surface area contributed by atoms with E-state index in [2.05, 4.69) is 10.9 Å². The quantitative estimate of drug-likeness (QED) is 0.788. The molecular formula is C19H22N2O4. The second-order valence-electron chi connectivity index (χ2n) is 5.68. The first-order valence-corrected chi connectivity index (χ1v) is 7.88. The highest BCUT2D eigenvalue weighted by Crippen LogP contribution is 2.18. The topological polar surface area (TPSA) is 76.7 Å². The van der Waals surface area contributed by atoms with Crippen molar-refractivity contribution in [1.29, 1.82) is 0 Å². The van der Waals surface area contributed by atoms with Crippen LogP contribution in [-0.4, -0.2) is 25.5 Å². The van der Waals surface area contributed by atoms with E-state index in [9.17, 15) is 9.59 Å². The molecule has 2 aromatic rings. The fraction of sp³-hybridized carbons (Fsp3) is 0.263. The zero-order valence-corrected chi connectivity index (χ0v) is 14.6. The third-order valence-corrected chi connectivity index (χ3v) is 3.55. The van der Waals surface area contributed by atoms with Gasteiger partial charge < -0.3 is 9.47 Å². The van der Waals surface area contributed by atoms with E-state index in [1.165, 1.54) is 0 Å². The predicted octanol–water partition coefficient (Wildman–Crippen LogP) is 2.08. The second kappa shape index (κ2) is 8.73. The van der Waals surface area contributed by atoms with Gasteiger partial charge in [0.25, 0.3) is 5.91 Å². The minimum Gasteiger partial charge on any atom is -0.497 e. The number of amides is 2. The van der Waals surface area contributed by atoms with Crippen LogP contribution < -0.4 is 20.3 Å². The summed E-state index contributed by atoms with van der Waals surface area (Å²) in [6.07, 6.45) is 0.155. The SMILES string of the molecule is COc1ccc(CC(=O)NNC(=O)COc2ccc(C)cc2C)cc1. The molecule has 0 saturated carbocycles. The van der Waals surface area contributed by atoms with E-state index in [4.69, 9.17) is 9.47 Å². The Hall–Kier alpha value is -3.02. The molecule has 0 spiro atoms. The lowest BCUT2D eigenvalue weighted by Crippen LogP contribution is -2.44. The molecule has 0 heterocycles. The lowest BCUT2D eigenvalue weighted by molar-refractivity contribution is -0.129. The Morgan fingerprint density at radius 1 is 0.960 bits per heavy atom. The average Bonchev–Trinajstić information content (AvgIpc) is 2.60. The van der Waals surface area contributed by atoms with Gasteiger partial charge in [0.1, 0.15) is 11.5 Å². The summed E-state index contributed by atoms with van der Waals surface area (Å²) < 4.78 is 10.5. The number of benzene rings is 2. The maximum Gasteiger partial charge on any atom is 0.276 e. The molecular weight excluding hydrogens is 320 g/mol. The van der Waals surface area contributed by atoms with Crippen molar-refractivity contribution in [3.63, 3.8) is 0 Å². The zero-order chi connectivity index (χ0) is 18.2. The van der Waals surface area contributed by atoms with Gasteiger partial charge in [0.05, 0.1) is 13.5 Å². The van der Waals surface area contributed by atoms with Crippen LogP contribution in [0.4, 0.5) is 0 Å². The van der Waals surface area contributed by atoms with E-state index in [0.29, 0.717) is 5.75 Å². The Bertz CT molecular complexity index is 742. The van der Waals surface area contributed by atoms with E-state index in [1.807, 2.05) is 32.0 Å². The third-order valence-electron chi connectivity index (χ3n) is 3.55. The molecule has 132 valence electrons. The highest BCUT2D eigenvalue weighted by Gasteiger charge is 2.08. The Morgan fingerprint density at radius 2 is 1.64 bits per heavy atom. The van der Waals surface area contributed by atoms with Crippen molar-refractivity contribution < 1.29 is 19.1 Å². The molecule has 2 rings (SSSR count). The number of nitrogens with one attached hydrogen (secondary N) is 2. The van der Waals surface area contributed by atoms with Crippen molar-refractivity contribution in [2.45, 2.75) is 20.3 Å². The normalized spacial score (nSPS) is 10.0. The van der Waals surface area contributed by atoms with E-state index < -0.39 is 5.91 Å². The minimum atomic E-state index is -0.428. The molecule has 0 fully saturated rings. The maximum absolute atomic E-state index is 11.8. The number of hydrogen-bond acceptors (Lipinski definition) is 4. The molecule has 0 aliphatic rings. The van der Waals surface area contributed by atoms with Crippen LogP contribution in [0.3, 0.4) is 0 Å². The van der Waals surface area contributed by atoms with Crippen LogP contribution in [0.5, 0.6) is 11.5 Å². The van der Waals surface area contributed by atoms with Gasteiger partial charge in [-0.25, -0.2) is 0 Å². The number of carbonyl (C=O) groups is 2. The Kier molecular flexibility index (Phi) is 6.39. The molecule has 0 aliphatic heterocycles. The van der Waals surface area contributed by atoms with Gasteiger partial charge in [-0.2, -0.15) is 0 Å². The van der Waals surface area contributed by atoms with Crippen molar-refractivity contribution in [2.75, 3.05) is 13.7 Å². The molecule has 2 aromatic carbocycles. The average molecular weight is 342 g/mol. The van der Waals surface area contributed by atoms with Crippen molar-refractivity contribution >= 4 is 11.8 Å². The van der Waals surface area contributed by atoms with Gasteiger partial charge in [-0.1, -0.05) is 29.8 Å². The zero-order valence-electron chi connectivity index (χ0n) is 14.6. The summed E-state index contributed by atoms with van der Waals surface area (Å²) in [6, 6.07) is 12.9. The van der Waals surface area contributed by atoms with Crippen LogP contribution in [0.15, 0.2) is 42.5 Å². The summed E-state index contributed by atoms with van der Waals surface area (Å²) in [5.41, 5.74) is 7.61. The van der Waals surface area contributed by atoms with Crippen molar-refractivity contribution in [3.8, 4) is 11.5 Å². The van der Waals surface area contributed by atoms with Crippen molar-refractivity contribution in [1.82, 2.24) is 10.9 Å². The van der Waals surface area contributed by atoms with Crippen molar-refractivity contribution in [3.05, 3.63) is 59.2 Å². The van der Waals surface area contributed by atoms with E-state index in [0.717, 1.165) is 22.4 Å². The predicted molar refractivity (Wildman–Crippen MR) is 94.4 cm³/mol. The number of carbonyl (C=O) groups excluding carboxylic acids is 2. The summed E-state index contributed by atoms with van der Waals surface area (Å²) in [5.74, 6) is 0.624. The number of methoxy groups -OCH3 is 1. The van der Waals surface area contributed by atoms with Gasteiger partial charge in [-0.3, -0.25) is 20.4 Å². The smallest absolute Gasteiger partial charge is 0.276 e. The number of rotatable bonds is 6. The Balaban J connectivity index is 1.74. The number of aryl methyl sites for hydroxylation is 2. The fourth-order valence-corrected chi connectivity index (χ4v) is 2.25. The van der Waals surface area contributed by atoms with Gasteiger partial charge in [-0.05, 0) is 43.2 Å². The fourth-order valence-electron chi connectivity index (χ4n) is 2.25. The van der Waals surface area contributed by atoms with E-state index in [-0.39, 0.29) is 18.9 Å². The summed E-state index contributed by atoms with van der Waals surface area (Å²) >= 11 is 0. The van der Waals surface area contributed by atoms with Gasteiger partial charge in [-0.15, -0.1) is 0 Å². The highest BCUT2D eigenvalue weighted by molar-refractivity contribution is 5.83. The molecule has 0 atom stereocenters. The number of ether oxygens (including phenoxy) is 2.